The zero-order valence-corrected chi connectivity index (χ0v) is 21.0. The first-order chi connectivity index (χ1) is 15.7. The van der Waals surface area contributed by atoms with Gasteiger partial charge in [-0.05, 0) is 77.6 Å². The van der Waals surface area contributed by atoms with E-state index in [0.29, 0.717) is 36.4 Å². The number of hydrogen-bond donors (Lipinski definition) is 1. The van der Waals surface area contributed by atoms with Crippen molar-refractivity contribution in [2.45, 2.75) is 77.0 Å². The van der Waals surface area contributed by atoms with Crippen molar-refractivity contribution in [3.05, 3.63) is 60.2 Å². The molecule has 6 nitrogen and oxygen atoms in total. The third kappa shape index (κ3) is 7.90. The minimum Gasteiger partial charge on any atom is -0.489 e. The lowest BCUT2D eigenvalue weighted by molar-refractivity contribution is 0.183. The Hall–Kier alpha value is -2.31. The fourth-order valence-electron chi connectivity index (χ4n) is 3.95. The first-order valence-corrected chi connectivity index (χ1v) is 12.2. The molecule has 0 aromatic rings. The largest absolute Gasteiger partial charge is 0.489 e. The average molecular weight is 455 g/mol. The molecular formula is C27H42N4O2. The van der Waals surface area contributed by atoms with E-state index < -0.39 is 0 Å². The number of allylic oxidation sites excluding steroid dienone is 4. The highest BCUT2D eigenvalue weighted by molar-refractivity contribution is 5.80. The highest BCUT2D eigenvalue weighted by Gasteiger charge is 2.26. The molecule has 1 aliphatic heterocycles. The van der Waals surface area contributed by atoms with Gasteiger partial charge < -0.3 is 19.8 Å². The van der Waals surface area contributed by atoms with E-state index in [0.717, 1.165) is 44.2 Å². The second-order valence-corrected chi connectivity index (χ2v) is 9.72. The molecule has 1 saturated heterocycles. The van der Waals surface area contributed by atoms with E-state index in [4.69, 9.17) is 9.47 Å². The molecule has 3 rings (SSSR count). The number of hydrogen-bond acceptors (Lipinski definition) is 6. The van der Waals surface area contributed by atoms with Crippen LogP contribution in [-0.4, -0.2) is 61.2 Å². The molecular weight excluding hydrogens is 412 g/mol. The summed E-state index contributed by atoms with van der Waals surface area (Å²) >= 11 is 0. The smallest absolute Gasteiger partial charge is 0.192 e. The number of hydrazine groups is 1. The summed E-state index contributed by atoms with van der Waals surface area (Å²) in [5.74, 6) is 1.16. The van der Waals surface area contributed by atoms with Crippen LogP contribution in [0.3, 0.4) is 0 Å². The summed E-state index contributed by atoms with van der Waals surface area (Å²) in [6, 6.07) is 0.513. The Bertz CT molecular complexity index is 837. The molecule has 1 saturated carbocycles. The maximum absolute atomic E-state index is 6.23. The van der Waals surface area contributed by atoms with E-state index in [1.807, 2.05) is 0 Å². The first kappa shape index (κ1) is 25.3. The van der Waals surface area contributed by atoms with Crippen LogP contribution in [0.2, 0.25) is 0 Å². The SMILES string of the molecule is C=C(/N=C(\CC(=C)[C@H](C)N(C)NC1=CC=C(C)CC1)OCC1CCCN1C)C(=C)OC1CC1. The van der Waals surface area contributed by atoms with Crippen molar-refractivity contribution in [1.29, 1.82) is 0 Å². The number of likely N-dealkylation sites (N-methyl/N-ethyl adjacent to an activating group) is 2. The predicted octanol–water partition coefficient (Wildman–Crippen LogP) is 5.10. The summed E-state index contributed by atoms with van der Waals surface area (Å²) in [4.78, 5) is 7.04. The molecule has 182 valence electrons. The number of nitrogens with zero attached hydrogens (tertiary/aromatic N) is 3. The van der Waals surface area contributed by atoms with Crippen molar-refractivity contribution in [3.8, 4) is 0 Å². The van der Waals surface area contributed by atoms with Gasteiger partial charge in [-0.15, -0.1) is 0 Å². The van der Waals surface area contributed by atoms with E-state index in [2.05, 4.69) is 80.2 Å². The van der Waals surface area contributed by atoms with Crippen LogP contribution in [-0.2, 0) is 9.47 Å². The Morgan fingerprint density at radius 1 is 1.24 bits per heavy atom. The Morgan fingerprint density at radius 2 is 2.00 bits per heavy atom. The zero-order valence-electron chi connectivity index (χ0n) is 21.0. The van der Waals surface area contributed by atoms with Crippen molar-refractivity contribution < 1.29 is 9.47 Å². The van der Waals surface area contributed by atoms with Crippen molar-refractivity contribution in [3.63, 3.8) is 0 Å². The standard InChI is InChI=1S/C27H42N4O2/c1-19-10-12-24(13-11-19)29-31(7)22(4)20(2)17-27(32-18-25-9-8-16-30(25)6)28-21(3)23(5)33-26-14-15-26/h10,12,22,25-26,29H,2-3,5,8-9,11,13-18H2,1,4,6-7H3/b28-27+/t22-,25?/m0/s1. The summed E-state index contributed by atoms with van der Waals surface area (Å²) in [5.41, 5.74) is 7.70. The van der Waals surface area contributed by atoms with Gasteiger partial charge in [-0.3, -0.25) is 0 Å². The molecule has 1 unspecified atom stereocenters. The van der Waals surface area contributed by atoms with Gasteiger partial charge in [-0.25, -0.2) is 10.0 Å². The lowest BCUT2D eigenvalue weighted by atomic mass is 10.0. The van der Waals surface area contributed by atoms with Crippen LogP contribution in [0, 0.1) is 0 Å². The van der Waals surface area contributed by atoms with E-state index >= 15 is 0 Å². The van der Waals surface area contributed by atoms with Crippen molar-refractivity contribution >= 4 is 5.90 Å². The maximum atomic E-state index is 6.23. The van der Waals surface area contributed by atoms with Gasteiger partial charge in [0.05, 0.1) is 6.10 Å². The van der Waals surface area contributed by atoms with Gasteiger partial charge in [-0.1, -0.05) is 31.4 Å². The number of aliphatic imine (C=N–C) groups is 1. The summed E-state index contributed by atoms with van der Waals surface area (Å²) < 4.78 is 12.0. The van der Waals surface area contributed by atoms with Crippen molar-refractivity contribution in [2.75, 3.05) is 27.2 Å². The molecule has 6 heteroatoms. The lowest BCUT2D eigenvalue weighted by Gasteiger charge is -2.30. The van der Waals surface area contributed by atoms with Gasteiger partial charge in [0.25, 0.3) is 0 Å². The number of rotatable bonds is 12. The number of ether oxygens (including phenoxy) is 2. The first-order valence-electron chi connectivity index (χ1n) is 12.2. The van der Waals surface area contributed by atoms with Gasteiger partial charge in [-0.2, -0.15) is 0 Å². The van der Waals surface area contributed by atoms with Gasteiger partial charge in [0.15, 0.2) is 5.90 Å². The molecule has 0 aromatic heterocycles. The quantitative estimate of drug-likeness (QED) is 0.111. The monoisotopic (exact) mass is 454 g/mol. The molecule has 3 aliphatic rings. The highest BCUT2D eigenvalue weighted by atomic mass is 16.5. The fourth-order valence-corrected chi connectivity index (χ4v) is 3.95. The Morgan fingerprint density at radius 3 is 2.61 bits per heavy atom. The molecule has 1 N–H and O–H groups in total. The topological polar surface area (TPSA) is 49.3 Å². The maximum Gasteiger partial charge on any atom is 0.192 e. The van der Waals surface area contributed by atoms with Crippen LogP contribution in [0.1, 0.15) is 58.8 Å². The summed E-state index contributed by atoms with van der Waals surface area (Å²) in [7, 11) is 4.21. The van der Waals surface area contributed by atoms with Crippen LogP contribution in [0.15, 0.2) is 65.2 Å². The van der Waals surface area contributed by atoms with Crippen LogP contribution in [0.25, 0.3) is 0 Å². The Balaban J connectivity index is 1.61. The summed E-state index contributed by atoms with van der Waals surface area (Å²) in [6.07, 6.45) is 11.8. The van der Waals surface area contributed by atoms with E-state index in [1.165, 1.54) is 17.7 Å². The molecule has 2 fully saturated rings. The molecule has 1 heterocycles. The molecule has 0 spiro atoms. The molecule has 0 radical (unpaired) electrons. The van der Waals surface area contributed by atoms with Crippen LogP contribution >= 0.6 is 0 Å². The van der Waals surface area contributed by atoms with Crippen LogP contribution in [0.5, 0.6) is 0 Å². The minimum absolute atomic E-state index is 0.0973. The number of nitrogens with one attached hydrogen (secondary N) is 1. The summed E-state index contributed by atoms with van der Waals surface area (Å²) in [6.45, 7) is 18.5. The molecule has 33 heavy (non-hydrogen) atoms. The van der Waals surface area contributed by atoms with Gasteiger partial charge in [0.2, 0.25) is 0 Å². The van der Waals surface area contributed by atoms with E-state index in [1.54, 1.807) is 0 Å². The van der Waals surface area contributed by atoms with Gasteiger partial charge in [0.1, 0.15) is 18.1 Å². The second-order valence-electron chi connectivity index (χ2n) is 9.72. The molecule has 2 aliphatic carbocycles. The van der Waals surface area contributed by atoms with Gasteiger partial charge >= 0.3 is 0 Å². The molecule has 2 atom stereocenters. The number of likely N-dealkylation sites (tertiary alicyclic amines) is 1. The third-order valence-corrected chi connectivity index (χ3v) is 6.76. The van der Waals surface area contributed by atoms with E-state index in [-0.39, 0.29) is 12.1 Å². The Kier molecular flexibility index (Phi) is 8.98. The minimum atomic E-state index is 0.0973. The third-order valence-electron chi connectivity index (χ3n) is 6.76. The predicted molar refractivity (Wildman–Crippen MR) is 137 cm³/mol. The summed E-state index contributed by atoms with van der Waals surface area (Å²) in [5, 5.41) is 2.11. The van der Waals surface area contributed by atoms with Crippen LogP contribution < -0.4 is 5.43 Å². The average Bonchev–Trinajstić information content (AvgIpc) is 3.51. The lowest BCUT2D eigenvalue weighted by Crippen LogP contribution is -2.42. The van der Waals surface area contributed by atoms with E-state index in [9.17, 15) is 0 Å². The van der Waals surface area contributed by atoms with Crippen molar-refractivity contribution in [1.82, 2.24) is 15.3 Å². The highest BCUT2D eigenvalue weighted by Crippen LogP contribution is 2.28. The molecule has 0 bridgehead atoms. The fraction of sp³-hybridized carbons (Fsp3) is 0.593. The van der Waals surface area contributed by atoms with Crippen molar-refractivity contribution in [2.24, 2.45) is 4.99 Å². The van der Waals surface area contributed by atoms with Gasteiger partial charge in [0, 0.05) is 31.2 Å². The molecule has 0 aromatic carbocycles. The Labute approximate surface area is 200 Å². The molecule has 0 amide bonds. The normalized spacial score (nSPS) is 22.5. The second kappa shape index (κ2) is 11.7. The zero-order chi connectivity index (χ0) is 24.0. The van der Waals surface area contributed by atoms with Crippen LogP contribution in [0.4, 0.5) is 0 Å².